The first kappa shape index (κ1) is 12.0. The zero-order valence-electron chi connectivity index (χ0n) is 9.67. The Kier molecular flexibility index (Phi) is 4.08. The van der Waals surface area contributed by atoms with Gasteiger partial charge >= 0.3 is 6.09 Å². The lowest BCUT2D eigenvalue weighted by atomic mass is 10.2. The van der Waals surface area contributed by atoms with Gasteiger partial charge in [0.15, 0.2) is 0 Å². The van der Waals surface area contributed by atoms with Gasteiger partial charge in [0.05, 0.1) is 6.61 Å². The molecule has 3 N–H and O–H groups in total. The highest BCUT2D eigenvalue weighted by molar-refractivity contribution is 5.53. The number of nitrogens with zero attached hydrogens (tertiary/aromatic N) is 1. The van der Waals surface area contributed by atoms with Crippen molar-refractivity contribution in [2.75, 3.05) is 26.3 Å². The van der Waals surface area contributed by atoms with Gasteiger partial charge in [0.2, 0.25) is 0 Å². The fraction of sp³-hybridized carbons (Fsp3) is 0.417. The largest absolute Gasteiger partial charge is 0.511 e. The van der Waals surface area contributed by atoms with Crippen LogP contribution in [-0.4, -0.2) is 37.3 Å². The molecule has 0 aliphatic carbocycles. The summed E-state index contributed by atoms with van der Waals surface area (Å²) >= 11 is 0. The number of benzene rings is 1. The Morgan fingerprint density at radius 1 is 1.47 bits per heavy atom. The molecule has 1 aromatic rings. The highest BCUT2D eigenvalue weighted by Crippen LogP contribution is 2.25. The lowest BCUT2D eigenvalue weighted by molar-refractivity contribution is -0.282. The molecule has 1 aliphatic rings. The normalized spacial score (nSPS) is 20.4. The van der Waals surface area contributed by atoms with Gasteiger partial charge in [-0.05, 0) is 5.56 Å². The van der Waals surface area contributed by atoms with Crippen molar-refractivity contribution in [3.05, 3.63) is 35.9 Å². The molecular formula is C12H17N2O3+. The van der Waals surface area contributed by atoms with Gasteiger partial charge in [-0.25, -0.2) is 0 Å². The molecule has 0 aromatic heterocycles. The minimum atomic E-state index is -0.485. The molecule has 0 radical (unpaired) electrons. The number of hydrogen-bond acceptors (Lipinski definition) is 4. The van der Waals surface area contributed by atoms with Crippen molar-refractivity contribution in [2.24, 2.45) is 0 Å². The number of rotatable bonds is 4. The first-order chi connectivity index (χ1) is 8.27. The van der Waals surface area contributed by atoms with Crippen LogP contribution >= 0.6 is 0 Å². The Balaban J connectivity index is 1.91. The average molecular weight is 237 g/mol. The molecule has 1 fully saturated rings. The topological polar surface area (TPSA) is 66.4 Å². The van der Waals surface area contributed by atoms with Crippen LogP contribution in [0.1, 0.15) is 11.8 Å². The summed E-state index contributed by atoms with van der Waals surface area (Å²) in [5, 5.41) is 0. The SMILES string of the molecule is [NH3+]C(=O)OCCN1CCOC1c1ccccc1. The zero-order chi connectivity index (χ0) is 12.1. The van der Waals surface area contributed by atoms with Crippen LogP contribution in [0.2, 0.25) is 0 Å². The third kappa shape index (κ3) is 3.26. The maximum absolute atomic E-state index is 10.6. The van der Waals surface area contributed by atoms with Crippen LogP contribution in [0.3, 0.4) is 0 Å². The molecule has 5 heteroatoms. The average Bonchev–Trinajstić information content (AvgIpc) is 2.78. The van der Waals surface area contributed by atoms with Crippen LogP contribution in [0.5, 0.6) is 0 Å². The van der Waals surface area contributed by atoms with Gasteiger partial charge in [0.1, 0.15) is 12.8 Å². The van der Waals surface area contributed by atoms with E-state index in [4.69, 9.17) is 9.47 Å². The van der Waals surface area contributed by atoms with Gasteiger partial charge in [-0.2, -0.15) is 4.79 Å². The van der Waals surface area contributed by atoms with E-state index in [1.807, 2.05) is 30.3 Å². The monoisotopic (exact) mass is 237 g/mol. The van der Waals surface area contributed by atoms with E-state index in [1.165, 1.54) is 0 Å². The standard InChI is InChI=1S/C12H16N2O3/c13-12(15)17-9-7-14-6-8-16-11(14)10-4-2-1-3-5-10/h1-5,11H,6-9H2,(H2,13,15)/p+1. The number of carbonyl (C=O) groups excluding carboxylic acids is 1. The highest BCUT2D eigenvalue weighted by atomic mass is 16.5. The molecule has 1 aliphatic heterocycles. The summed E-state index contributed by atoms with van der Waals surface area (Å²) in [5.41, 5.74) is 4.30. The maximum atomic E-state index is 10.6. The second kappa shape index (κ2) is 5.77. The van der Waals surface area contributed by atoms with Crippen LogP contribution in [0, 0.1) is 0 Å². The predicted octanol–water partition coefficient (Wildman–Crippen LogP) is 0.396. The summed E-state index contributed by atoms with van der Waals surface area (Å²) in [6.45, 7) is 2.59. The van der Waals surface area contributed by atoms with Crippen LogP contribution in [0.15, 0.2) is 30.3 Å². The molecule has 1 saturated heterocycles. The first-order valence-electron chi connectivity index (χ1n) is 5.66. The Bertz CT molecular complexity index is 369. The summed E-state index contributed by atoms with van der Waals surface area (Å²) < 4.78 is 10.5. The number of ether oxygens (including phenoxy) is 2. The van der Waals surface area contributed by atoms with Crippen molar-refractivity contribution < 1.29 is 20.0 Å². The lowest BCUT2D eigenvalue weighted by Crippen LogP contribution is -2.57. The lowest BCUT2D eigenvalue weighted by Gasteiger charge is -2.22. The zero-order valence-corrected chi connectivity index (χ0v) is 9.67. The smallest absolute Gasteiger partial charge is 0.419 e. The molecule has 1 unspecified atom stereocenters. The molecule has 1 heterocycles. The van der Waals surface area contributed by atoms with Crippen LogP contribution < -0.4 is 5.73 Å². The molecule has 17 heavy (non-hydrogen) atoms. The molecule has 0 saturated carbocycles. The van der Waals surface area contributed by atoms with Crippen molar-refractivity contribution in [3.8, 4) is 0 Å². The van der Waals surface area contributed by atoms with Crippen LogP contribution in [-0.2, 0) is 9.47 Å². The molecule has 0 bridgehead atoms. The molecule has 1 atom stereocenters. The summed E-state index contributed by atoms with van der Waals surface area (Å²) in [5.74, 6) is 0. The molecule has 1 aromatic carbocycles. The van der Waals surface area contributed by atoms with E-state index >= 15 is 0 Å². The van der Waals surface area contributed by atoms with E-state index in [-0.39, 0.29) is 6.23 Å². The Morgan fingerprint density at radius 3 is 2.94 bits per heavy atom. The van der Waals surface area contributed by atoms with Gasteiger partial charge < -0.3 is 9.47 Å². The minimum Gasteiger partial charge on any atom is -0.419 e. The minimum absolute atomic E-state index is 0.0280. The third-order valence-electron chi connectivity index (χ3n) is 2.71. The highest BCUT2D eigenvalue weighted by Gasteiger charge is 2.26. The first-order valence-corrected chi connectivity index (χ1v) is 5.66. The van der Waals surface area contributed by atoms with Crippen molar-refractivity contribution in [3.63, 3.8) is 0 Å². The van der Waals surface area contributed by atoms with Gasteiger partial charge in [0, 0.05) is 13.1 Å². The second-order valence-electron chi connectivity index (χ2n) is 3.89. The molecular weight excluding hydrogens is 220 g/mol. The fourth-order valence-corrected chi connectivity index (χ4v) is 1.93. The van der Waals surface area contributed by atoms with Gasteiger partial charge in [-0.15, -0.1) is 0 Å². The van der Waals surface area contributed by atoms with E-state index < -0.39 is 6.09 Å². The van der Waals surface area contributed by atoms with Gasteiger partial charge in [-0.3, -0.25) is 10.6 Å². The Morgan fingerprint density at radius 2 is 2.24 bits per heavy atom. The van der Waals surface area contributed by atoms with E-state index in [9.17, 15) is 4.79 Å². The third-order valence-corrected chi connectivity index (χ3v) is 2.71. The molecule has 2 rings (SSSR count). The van der Waals surface area contributed by atoms with Crippen molar-refractivity contribution >= 4 is 6.09 Å². The maximum Gasteiger partial charge on any atom is 0.511 e. The number of amides is 1. The Hall–Kier alpha value is -1.43. The summed E-state index contributed by atoms with van der Waals surface area (Å²) in [6, 6.07) is 10.0. The number of hydrogen-bond donors (Lipinski definition) is 1. The van der Waals surface area contributed by atoms with Crippen molar-refractivity contribution in [1.29, 1.82) is 0 Å². The van der Waals surface area contributed by atoms with E-state index in [0.29, 0.717) is 19.8 Å². The van der Waals surface area contributed by atoms with Crippen molar-refractivity contribution in [2.45, 2.75) is 6.23 Å². The van der Waals surface area contributed by atoms with E-state index in [1.54, 1.807) is 0 Å². The van der Waals surface area contributed by atoms with Crippen LogP contribution in [0.25, 0.3) is 0 Å². The molecule has 0 spiro atoms. The second-order valence-corrected chi connectivity index (χ2v) is 3.89. The molecule has 1 amide bonds. The predicted molar refractivity (Wildman–Crippen MR) is 60.9 cm³/mol. The fourth-order valence-electron chi connectivity index (χ4n) is 1.93. The Labute approximate surface area is 100 Å². The summed E-state index contributed by atoms with van der Waals surface area (Å²) in [6.07, 6.45) is -0.513. The molecule has 92 valence electrons. The van der Waals surface area contributed by atoms with Gasteiger partial charge in [-0.1, -0.05) is 30.3 Å². The quantitative estimate of drug-likeness (QED) is 0.823. The number of carbonyl (C=O) groups is 1. The van der Waals surface area contributed by atoms with E-state index in [2.05, 4.69) is 10.6 Å². The van der Waals surface area contributed by atoms with E-state index in [0.717, 1.165) is 12.1 Å². The van der Waals surface area contributed by atoms with Gasteiger partial charge in [0.25, 0.3) is 0 Å². The van der Waals surface area contributed by atoms with Crippen LogP contribution in [0.4, 0.5) is 4.79 Å². The van der Waals surface area contributed by atoms with Crippen molar-refractivity contribution in [1.82, 2.24) is 4.90 Å². The number of quaternary nitrogens is 1. The summed E-state index contributed by atoms with van der Waals surface area (Å²) in [4.78, 5) is 12.7. The summed E-state index contributed by atoms with van der Waals surface area (Å²) in [7, 11) is 0. The molecule has 5 nitrogen and oxygen atoms in total.